The highest BCUT2D eigenvalue weighted by Gasteiger charge is 2.17. The van der Waals surface area contributed by atoms with Gasteiger partial charge in [0, 0.05) is 13.1 Å². The van der Waals surface area contributed by atoms with Crippen molar-refractivity contribution in [1.82, 2.24) is 5.32 Å². The molecule has 0 amide bonds. The summed E-state index contributed by atoms with van der Waals surface area (Å²) in [7, 11) is 0. The molecule has 0 aliphatic carbocycles. The lowest BCUT2D eigenvalue weighted by atomic mass is 9.97. The van der Waals surface area contributed by atoms with Crippen LogP contribution in [0.15, 0.2) is 12.1 Å². The van der Waals surface area contributed by atoms with E-state index >= 15 is 0 Å². The Bertz CT molecular complexity index is 428. The zero-order chi connectivity index (χ0) is 11.5. The Labute approximate surface area is 96.0 Å². The van der Waals surface area contributed by atoms with Crippen molar-refractivity contribution < 1.29 is 4.74 Å². The summed E-state index contributed by atoms with van der Waals surface area (Å²) >= 11 is 0. The quantitative estimate of drug-likeness (QED) is 0.779. The summed E-state index contributed by atoms with van der Waals surface area (Å²) in [5.41, 5.74) is 4.08. The van der Waals surface area contributed by atoms with E-state index < -0.39 is 0 Å². The van der Waals surface area contributed by atoms with Crippen LogP contribution in [0.25, 0.3) is 0 Å². The summed E-state index contributed by atoms with van der Waals surface area (Å²) in [4.78, 5) is 0. The molecular weight excluding hydrogens is 200 g/mol. The molecular formula is C13H16N2O. The summed E-state index contributed by atoms with van der Waals surface area (Å²) < 4.78 is 5.69. The maximum absolute atomic E-state index is 9.06. The Hall–Kier alpha value is -1.37. The van der Waals surface area contributed by atoms with Crippen molar-refractivity contribution in [2.24, 2.45) is 0 Å². The number of hydrogen-bond acceptors (Lipinski definition) is 3. The van der Waals surface area contributed by atoms with Gasteiger partial charge in [-0.15, -0.1) is 0 Å². The van der Waals surface area contributed by atoms with Gasteiger partial charge < -0.3 is 10.1 Å². The van der Waals surface area contributed by atoms with Crippen molar-refractivity contribution in [3.05, 3.63) is 34.4 Å². The second-order valence-corrected chi connectivity index (χ2v) is 4.19. The first kappa shape index (κ1) is 11.1. The van der Waals surface area contributed by atoms with Gasteiger partial charge in [-0.1, -0.05) is 6.07 Å². The van der Waals surface area contributed by atoms with E-state index in [4.69, 9.17) is 10.00 Å². The number of rotatable bonds is 1. The first-order chi connectivity index (χ1) is 7.72. The molecule has 16 heavy (non-hydrogen) atoms. The smallest absolute Gasteiger partial charge is 0.0994 e. The second kappa shape index (κ2) is 4.65. The highest BCUT2D eigenvalue weighted by atomic mass is 16.5. The van der Waals surface area contributed by atoms with Gasteiger partial charge in [0.2, 0.25) is 0 Å². The first-order valence-corrected chi connectivity index (χ1v) is 5.56. The van der Waals surface area contributed by atoms with Crippen LogP contribution in [0.1, 0.15) is 28.4 Å². The highest BCUT2D eigenvalue weighted by molar-refractivity contribution is 5.45. The third kappa shape index (κ3) is 2.08. The van der Waals surface area contributed by atoms with E-state index in [0.717, 1.165) is 42.0 Å². The Morgan fingerprint density at radius 1 is 1.44 bits per heavy atom. The number of nitrogens with zero attached hydrogens (tertiary/aromatic N) is 1. The van der Waals surface area contributed by atoms with Crippen LogP contribution in [0.4, 0.5) is 0 Å². The fourth-order valence-corrected chi connectivity index (χ4v) is 1.97. The fraction of sp³-hybridized carbons (Fsp3) is 0.462. The minimum Gasteiger partial charge on any atom is -0.371 e. The molecule has 1 heterocycles. The molecule has 1 aromatic carbocycles. The average Bonchev–Trinajstić information content (AvgIpc) is 2.33. The third-order valence-corrected chi connectivity index (χ3v) is 3.11. The molecule has 1 saturated heterocycles. The minimum absolute atomic E-state index is 0.0835. The molecule has 0 spiro atoms. The van der Waals surface area contributed by atoms with Gasteiger partial charge in [0.15, 0.2) is 0 Å². The number of morpholine rings is 1. The molecule has 3 nitrogen and oxygen atoms in total. The normalized spacial score (nSPS) is 20.4. The number of nitrogens with one attached hydrogen (secondary N) is 1. The Morgan fingerprint density at radius 2 is 2.25 bits per heavy atom. The van der Waals surface area contributed by atoms with Crippen molar-refractivity contribution in [2.45, 2.75) is 20.0 Å². The first-order valence-electron chi connectivity index (χ1n) is 5.56. The lowest BCUT2D eigenvalue weighted by Crippen LogP contribution is -2.33. The molecule has 1 N–H and O–H groups in total. The number of hydrogen-bond donors (Lipinski definition) is 1. The molecule has 3 heteroatoms. The predicted molar refractivity (Wildman–Crippen MR) is 62.2 cm³/mol. The SMILES string of the molecule is Cc1cc(C2CNCCO2)cc(C#N)c1C. The van der Waals surface area contributed by atoms with Gasteiger partial charge in [0.05, 0.1) is 24.3 Å². The minimum atomic E-state index is 0.0835. The fourth-order valence-electron chi connectivity index (χ4n) is 1.97. The number of aryl methyl sites for hydroxylation is 1. The third-order valence-electron chi connectivity index (χ3n) is 3.11. The summed E-state index contributed by atoms with van der Waals surface area (Å²) in [5.74, 6) is 0. The molecule has 1 fully saturated rings. The molecule has 0 aromatic heterocycles. The van der Waals surface area contributed by atoms with Crippen LogP contribution in [0, 0.1) is 25.2 Å². The van der Waals surface area contributed by atoms with E-state index in [1.165, 1.54) is 0 Å². The summed E-state index contributed by atoms with van der Waals surface area (Å²) in [6.45, 7) is 6.49. The van der Waals surface area contributed by atoms with E-state index in [0.29, 0.717) is 0 Å². The van der Waals surface area contributed by atoms with Crippen molar-refractivity contribution in [3.63, 3.8) is 0 Å². The van der Waals surface area contributed by atoms with Gasteiger partial charge in [0.1, 0.15) is 0 Å². The van der Waals surface area contributed by atoms with Gasteiger partial charge in [-0.25, -0.2) is 0 Å². The van der Waals surface area contributed by atoms with Crippen LogP contribution in [0.2, 0.25) is 0 Å². The Morgan fingerprint density at radius 3 is 2.88 bits per heavy atom. The molecule has 0 bridgehead atoms. The van der Waals surface area contributed by atoms with Gasteiger partial charge in [-0.2, -0.15) is 5.26 Å². The average molecular weight is 216 g/mol. The lowest BCUT2D eigenvalue weighted by molar-refractivity contribution is 0.0276. The van der Waals surface area contributed by atoms with E-state index in [2.05, 4.69) is 17.5 Å². The van der Waals surface area contributed by atoms with E-state index in [-0.39, 0.29) is 6.10 Å². The standard InChI is InChI=1S/C13H16N2O/c1-9-5-11(6-12(7-14)10(9)2)13-8-15-3-4-16-13/h5-6,13,15H,3-4,8H2,1-2H3. The summed E-state index contributed by atoms with van der Waals surface area (Å²) in [6, 6.07) is 6.30. The molecule has 1 atom stereocenters. The van der Waals surface area contributed by atoms with Crippen molar-refractivity contribution >= 4 is 0 Å². The Balaban J connectivity index is 2.34. The molecule has 1 aliphatic rings. The van der Waals surface area contributed by atoms with Gasteiger partial charge >= 0.3 is 0 Å². The number of benzene rings is 1. The van der Waals surface area contributed by atoms with Crippen LogP contribution in [-0.2, 0) is 4.74 Å². The molecule has 1 aromatic rings. The van der Waals surface area contributed by atoms with Crippen molar-refractivity contribution in [3.8, 4) is 6.07 Å². The lowest BCUT2D eigenvalue weighted by Gasteiger charge is -2.24. The van der Waals surface area contributed by atoms with Crippen LogP contribution in [0.3, 0.4) is 0 Å². The number of ether oxygens (including phenoxy) is 1. The van der Waals surface area contributed by atoms with Crippen LogP contribution in [0.5, 0.6) is 0 Å². The van der Waals surface area contributed by atoms with E-state index in [1.54, 1.807) is 0 Å². The molecule has 2 rings (SSSR count). The summed E-state index contributed by atoms with van der Waals surface area (Å²) in [6.07, 6.45) is 0.0835. The monoisotopic (exact) mass is 216 g/mol. The zero-order valence-corrected chi connectivity index (χ0v) is 9.71. The maximum atomic E-state index is 9.06. The molecule has 1 unspecified atom stereocenters. The molecule has 0 saturated carbocycles. The van der Waals surface area contributed by atoms with E-state index in [9.17, 15) is 0 Å². The largest absolute Gasteiger partial charge is 0.371 e. The van der Waals surface area contributed by atoms with Crippen molar-refractivity contribution in [1.29, 1.82) is 5.26 Å². The maximum Gasteiger partial charge on any atom is 0.0994 e. The molecule has 0 radical (unpaired) electrons. The van der Waals surface area contributed by atoms with Gasteiger partial charge in [-0.05, 0) is 36.6 Å². The molecule has 84 valence electrons. The Kier molecular flexibility index (Phi) is 3.23. The summed E-state index contributed by atoms with van der Waals surface area (Å²) in [5, 5.41) is 12.4. The van der Waals surface area contributed by atoms with E-state index in [1.807, 2.05) is 19.9 Å². The van der Waals surface area contributed by atoms with Crippen molar-refractivity contribution in [2.75, 3.05) is 19.7 Å². The van der Waals surface area contributed by atoms with Gasteiger partial charge in [-0.3, -0.25) is 0 Å². The van der Waals surface area contributed by atoms with Crippen LogP contribution in [-0.4, -0.2) is 19.7 Å². The zero-order valence-electron chi connectivity index (χ0n) is 9.71. The number of nitriles is 1. The highest BCUT2D eigenvalue weighted by Crippen LogP contribution is 2.23. The van der Waals surface area contributed by atoms with Gasteiger partial charge in [0.25, 0.3) is 0 Å². The van der Waals surface area contributed by atoms with Crippen LogP contribution >= 0.6 is 0 Å². The topological polar surface area (TPSA) is 45.0 Å². The second-order valence-electron chi connectivity index (χ2n) is 4.19. The molecule has 1 aliphatic heterocycles. The van der Waals surface area contributed by atoms with Crippen LogP contribution < -0.4 is 5.32 Å². The predicted octanol–water partition coefficient (Wildman–Crippen LogP) is 1.84.